The Morgan fingerprint density at radius 2 is 0.981 bits per heavy atom. The second kappa shape index (κ2) is 35.2. The average molecular weight is 759 g/mol. The molecule has 0 saturated heterocycles. The summed E-state index contributed by atoms with van der Waals surface area (Å²) in [6.45, 7) is 4.38. The summed E-state index contributed by atoms with van der Waals surface area (Å²) in [4.78, 5) is 35.3. The molecule has 0 aliphatic carbocycles. The van der Waals surface area contributed by atoms with Gasteiger partial charge >= 0.3 is 19.8 Å². The summed E-state index contributed by atoms with van der Waals surface area (Å²) in [6.07, 6.45) is 36.5. The van der Waals surface area contributed by atoms with Crippen LogP contribution in [0.15, 0.2) is 24.3 Å². The second-order valence-electron chi connectivity index (χ2n) is 15.4. The molecule has 0 aromatic heterocycles. The van der Waals surface area contributed by atoms with E-state index in [0.717, 1.165) is 51.4 Å². The topological polar surface area (TPSA) is 108 Å². The van der Waals surface area contributed by atoms with Gasteiger partial charge in [-0.1, -0.05) is 128 Å². The predicted molar refractivity (Wildman–Crippen MR) is 215 cm³/mol. The van der Waals surface area contributed by atoms with Gasteiger partial charge in [0, 0.05) is 12.8 Å². The highest BCUT2D eigenvalue weighted by Crippen LogP contribution is 2.43. The van der Waals surface area contributed by atoms with Crippen LogP contribution in [0.2, 0.25) is 0 Å². The minimum Gasteiger partial charge on any atom is -0.462 e. The van der Waals surface area contributed by atoms with Gasteiger partial charge in [0.1, 0.15) is 19.8 Å². The average Bonchev–Trinajstić information content (AvgIpc) is 3.09. The number of phosphoric ester groups is 1. The van der Waals surface area contributed by atoms with Gasteiger partial charge in [0.15, 0.2) is 6.10 Å². The van der Waals surface area contributed by atoms with Gasteiger partial charge in [-0.3, -0.25) is 18.6 Å². The fourth-order valence-corrected chi connectivity index (χ4v) is 6.33. The van der Waals surface area contributed by atoms with Crippen LogP contribution in [-0.4, -0.2) is 74.9 Å². The van der Waals surface area contributed by atoms with Crippen molar-refractivity contribution in [3.05, 3.63) is 24.3 Å². The lowest BCUT2D eigenvalue weighted by Gasteiger charge is -2.24. The molecule has 52 heavy (non-hydrogen) atoms. The van der Waals surface area contributed by atoms with E-state index in [0.29, 0.717) is 17.4 Å². The van der Waals surface area contributed by atoms with Crippen LogP contribution in [0.1, 0.15) is 181 Å². The van der Waals surface area contributed by atoms with Crippen molar-refractivity contribution in [3.8, 4) is 0 Å². The number of likely N-dealkylation sites (N-methyl/N-ethyl adjacent to an activating group) is 1. The summed E-state index contributed by atoms with van der Waals surface area (Å²) in [7, 11) is 1.47. The van der Waals surface area contributed by atoms with Crippen LogP contribution in [0.5, 0.6) is 0 Å². The van der Waals surface area contributed by atoms with E-state index in [9.17, 15) is 19.0 Å². The first kappa shape index (κ1) is 50.5. The van der Waals surface area contributed by atoms with Crippen LogP contribution >= 0.6 is 7.82 Å². The number of ether oxygens (including phenoxy) is 2. The monoisotopic (exact) mass is 759 g/mol. The van der Waals surface area contributed by atoms with Gasteiger partial charge in [-0.2, -0.15) is 0 Å². The van der Waals surface area contributed by atoms with E-state index < -0.39 is 26.5 Å². The van der Waals surface area contributed by atoms with Crippen molar-refractivity contribution in [1.29, 1.82) is 0 Å². The zero-order chi connectivity index (χ0) is 38.6. The maximum atomic E-state index is 12.6. The standard InChI is InChI=1S/C42H80NO8P/c1-6-8-10-12-14-16-18-20-21-23-24-26-28-30-32-34-41(44)48-38-40(39-50-52(46,47)49-37-36-43(3,4)5)51-42(45)35-33-31-29-27-25-22-19-17-15-13-11-9-7-2/h16,18,22,25,40H,6-15,17,19-21,23-24,26-39H2,1-5H3/p+1/b18-16+,25-22+/t40-/m1/s1. The molecule has 9 nitrogen and oxygen atoms in total. The second-order valence-corrected chi connectivity index (χ2v) is 16.8. The van der Waals surface area contributed by atoms with E-state index in [4.69, 9.17) is 18.5 Å². The maximum absolute atomic E-state index is 12.6. The molecule has 0 amide bonds. The number of esters is 2. The molecule has 0 heterocycles. The summed E-state index contributed by atoms with van der Waals surface area (Å²) < 4.78 is 34.2. The Hall–Kier alpha value is -1.51. The minimum atomic E-state index is -4.37. The molecule has 10 heteroatoms. The molecule has 0 aliphatic rings. The summed E-state index contributed by atoms with van der Waals surface area (Å²) >= 11 is 0. The number of hydrogen-bond acceptors (Lipinski definition) is 7. The number of carbonyl (C=O) groups is 2. The fraction of sp³-hybridized carbons (Fsp3) is 0.857. The number of quaternary nitrogens is 1. The van der Waals surface area contributed by atoms with Crippen molar-refractivity contribution < 1.29 is 42.1 Å². The molecule has 1 unspecified atom stereocenters. The number of unbranched alkanes of at least 4 members (excludes halogenated alkanes) is 20. The molecule has 0 bridgehead atoms. The SMILES string of the molecule is CCCCCC/C=C/CCCCCCCCCC(=O)OC[C@H](COP(=O)(O)OCC[N+](C)(C)C)OC(=O)CCCCC/C=C/CCCCCCCC. The molecule has 0 rings (SSSR count). The number of hydrogen-bond donors (Lipinski definition) is 1. The smallest absolute Gasteiger partial charge is 0.462 e. The molecular weight excluding hydrogens is 677 g/mol. The van der Waals surface area contributed by atoms with E-state index >= 15 is 0 Å². The largest absolute Gasteiger partial charge is 0.472 e. The number of phosphoric acid groups is 1. The molecule has 0 aliphatic heterocycles. The molecule has 0 radical (unpaired) electrons. The van der Waals surface area contributed by atoms with Crippen LogP contribution in [-0.2, 0) is 32.7 Å². The quantitative estimate of drug-likeness (QED) is 0.0218. The van der Waals surface area contributed by atoms with Crippen molar-refractivity contribution in [1.82, 2.24) is 0 Å². The minimum absolute atomic E-state index is 0.0293. The van der Waals surface area contributed by atoms with Gasteiger partial charge in [-0.15, -0.1) is 0 Å². The Morgan fingerprint density at radius 1 is 0.577 bits per heavy atom. The van der Waals surface area contributed by atoms with Crippen molar-refractivity contribution in [3.63, 3.8) is 0 Å². The number of carbonyl (C=O) groups excluding carboxylic acids is 2. The lowest BCUT2D eigenvalue weighted by Crippen LogP contribution is -2.37. The normalized spacial score (nSPS) is 13.9. The van der Waals surface area contributed by atoms with E-state index in [1.54, 1.807) is 0 Å². The first-order valence-corrected chi connectivity index (χ1v) is 22.6. The van der Waals surface area contributed by atoms with Crippen LogP contribution in [0.4, 0.5) is 0 Å². The maximum Gasteiger partial charge on any atom is 0.472 e. The third-order valence-corrected chi connectivity index (χ3v) is 9.94. The Morgan fingerprint density at radius 3 is 1.46 bits per heavy atom. The first-order valence-electron chi connectivity index (χ1n) is 21.1. The Kier molecular flexibility index (Phi) is 34.2. The van der Waals surface area contributed by atoms with E-state index in [-0.39, 0.29) is 32.0 Å². The number of rotatable bonds is 38. The van der Waals surface area contributed by atoms with Gasteiger partial charge in [0.25, 0.3) is 0 Å². The highest BCUT2D eigenvalue weighted by Gasteiger charge is 2.27. The Labute approximate surface area is 319 Å². The predicted octanol–water partition coefficient (Wildman–Crippen LogP) is 11.6. The Balaban J connectivity index is 4.40. The van der Waals surface area contributed by atoms with Gasteiger partial charge in [0.2, 0.25) is 0 Å². The third-order valence-electron chi connectivity index (χ3n) is 8.95. The lowest BCUT2D eigenvalue weighted by atomic mass is 10.1. The van der Waals surface area contributed by atoms with E-state index in [1.807, 2.05) is 21.1 Å². The molecule has 0 aromatic rings. The molecule has 0 spiro atoms. The Bertz CT molecular complexity index is 949. The summed E-state index contributed by atoms with van der Waals surface area (Å²) in [5.41, 5.74) is 0. The van der Waals surface area contributed by atoms with Gasteiger partial charge in [-0.25, -0.2) is 4.57 Å². The molecule has 0 saturated carbocycles. The van der Waals surface area contributed by atoms with Crippen molar-refractivity contribution in [2.75, 3.05) is 47.5 Å². The first-order chi connectivity index (χ1) is 25.0. The fourth-order valence-electron chi connectivity index (χ4n) is 5.59. The van der Waals surface area contributed by atoms with E-state index in [2.05, 4.69) is 38.2 Å². The summed E-state index contributed by atoms with van der Waals surface area (Å²) in [5.74, 6) is -0.820. The molecular formula is C42H81NO8P+. The lowest BCUT2D eigenvalue weighted by molar-refractivity contribution is -0.870. The number of allylic oxidation sites excluding steroid dienone is 4. The van der Waals surface area contributed by atoms with Gasteiger partial charge in [0.05, 0.1) is 27.7 Å². The van der Waals surface area contributed by atoms with Crippen molar-refractivity contribution >= 4 is 19.8 Å². The van der Waals surface area contributed by atoms with E-state index in [1.165, 1.54) is 96.3 Å². The zero-order valence-electron chi connectivity index (χ0n) is 34.3. The van der Waals surface area contributed by atoms with Crippen LogP contribution in [0, 0.1) is 0 Å². The third kappa shape index (κ3) is 38.2. The molecule has 306 valence electrons. The van der Waals surface area contributed by atoms with Crippen LogP contribution in [0.3, 0.4) is 0 Å². The van der Waals surface area contributed by atoms with Gasteiger partial charge < -0.3 is 18.9 Å². The van der Waals surface area contributed by atoms with Crippen molar-refractivity contribution in [2.45, 2.75) is 187 Å². The number of nitrogens with zero attached hydrogens (tertiary/aromatic N) is 1. The summed E-state index contributed by atoms with van der Waals surface area (Å²) in [6, 6.07) is 0. The molecule has 2 atom stereocenters. The van der Waals surface area contributed by atoms with Crippen LogP contribution in [0.25, 0.3) is 0 Å². The molecule has 1 N–H and O–H groups in total. The van der Waals surface area contributed by atoms with Crippen molar-refractivity contribution in [2.24, 2.45) is 0 Å². The molecule has 0 aromatic carbocycles. The highest BCUT2D eigenvalue weighted by atomic mass is 31.2. The zero-order valence-corrected chi connectivity index (χ0v) is 35.2. The highest BCUT2D eigenvalue weighted by molar-refractivity contribution is 7.47. The van der Waals surface area contributed by atoms with Gasteiger partial charge in [-0.05, 0) is 64.2 Å². The molecule has 0 fully saturated rings. The summed E-state index contributed by atoms with van der Waals surface area (Å²) in [5, 5.41) is 0. The van der Waals surface area contributed by atoms with Crippen LogP contribution < -0.4 is 0 Å².